The van der Waals surface area contributed by atoms with Crippen LogP contribution in [0.25, 0.3) is 6.08 Å². The average Bonchev–Trinajstić information content (AvgIpc) is 2.48. The van der Waals surface area contributed by atoms with E-state index in [4.69, 9.17) is 16.3 Å². The Hall–Kier alpha value is -2.66. The van der Waals surface area contributed by atoms with Gasteiger partial charge in [0.15, 0.2) is 0 Å². The van der Waals surface area contributed by atoms with Gasteiger partial charge < -0.3 is 4.74 Å². The summed E-state index contributed by atoms with van der Waals surface area (Å²) in [6.07, 6.45) is 2.65. The molecule has 0 aliphatic rings. The van der Waals surface area contributed by atoms with Crippen LogP contribution in [0.1, 0.15) is 5.56 Å². The largest absolute Gasteiger partial charge is 0.423 e. The fraction of sp³-hybridized carbons (Fsp3) is 0. The minimum atomic E-state index is -0.580. The number of esters is 1. The molecule has 106 valence electrons. The van der Waals surface area contributed by atoms with Gasteiger partial charge in [0.05, 0.1) is 4.92 Å². The zero-order valence-electron chi connectivity index (χ0n) is 10.7. The molecule has 0 fully saturated rings. The molecule has 0 aliphatic heterocycles. The Bertz CT molecular complexity index is 695. The van der Waals surface area contributed by atoms with Gasteiger partial charge in [-0.15, -0.1) is 0 Å². The Morgan fingerprint density at radius 1 is 1.19 bits per heavy atom. The molecule has 0 aromatic heterocycles. The van der Waals surface area contributed by atoms with Gasteiger partial charge in [-0.2, -0.15) is 0 Å². The Labute approximate surface area is 125 Å². The van der Waals surface area contributed by atoms with E-state index in [-0.39, 0.29) is 5.69 Å². The Balaban J connectivity index is 2.03. The van der Waals surface area contributed by atoms with Crippen LogP contribution in [0, 0.1) is 10.1 Å². The molecule has 0 aliphatic carbocycles. The van der Waals surface area contributed by atoms with Crippen LogP contribution in [0.3, 0.4) is 0 Å². The summed E-state index contributed by atoms with van der Waals surface area (Å²) < 4.78 is 5.05. The van der Waals surface area contributed by atoms with Gasteiger partial charge in [0.1, 0.15) is 5.75 Å². The number of rotatable bonds is 4. The van der Waals surface area contributed by atoms with E-state index in [9.17, 15) is 14.9 Å². The second kappa shape index (κ2) is 6.67. The maximum absolute atomic E-state index is 11.6. The lowest BCUT2D eigenvalue weighted by Crippen LogP contribution is -2.03. The zero-order valence-corrected chi connectivity index (χ0v) is 11.5. The van der Waals surface area contributed by atoms with Crippen LogP contribution in [0.2, 0.25) is 5.02 Å². The molecule has 0 N–H and O–H groups in total. The molecule has 0 unspecified atom stereocenters. The number of nitrogens with zero attached hydrogens (tertiary/aromatic N) is 1. The van der Waals surface area contributed by atoms with E-state index in [1.807, 2.05) is 0 Å². The molecular weight excluding hydrogens is 294 g/mol. The lowest BCUT2D eigenvalue weighted by molar-refractivity contribution is -0.384. The second-order valence-electron chi connectivity index (χ2n) is 4.06. The van der Waals surface area contributed by atoms with Crippen molar-refractivity contribution in [2.24, 2.45) is 0 Å². The third-order valence-corrected chi connectivity index (χ3v) is 2.78. The third kappa shape index (κ3) is 4.43. The monoisotopic (exact) mass is 303 g/mol. The predicted molar refractivity (Wildman–Crippen MR) is 79.2 cm³/mol. The van der Waals surface area contributed by atoms with Crippen LogP contribution in [-0.2, 0) is 4.79 Å². The highest BCUT2D eigenvalue weighted by molar-refractivity contribution is 6.30. The van der Waals surface area contributed by atoms with Crippen molar-refractivity contribution in [3.63, 3.8) is 0 Å². The van der Waals surface area contributed by atoms with Crippen molar-refractivity contribution < 1.29 is 14.5 Å². The standard InChI is InChI=1S/C15H10ClNO4/c16-12-5-7-14(8-6-12)21-15(18)9-4-11-2-1-3-13(10-11)17(19)20/h1-10H. The highest BCUT2D eigenvalue weighted by atomic mass is 35.5. The van der Waals surface area contributed by atoms with E-state index in [1.54, 1.807) is 36.4 Å². The number of carbonyl (C=O) groups is 1. The smallest absolute Gasteiger partial charge is 0.336 e. The summed E-state index contributed by atoms with van der Waals surface area (Å²) in [5.74, 6) is -0.211. The van der Waals surface area contributed by atoms with Crippen molar-refractivity contribution in [1.82, 2.24) is 0 Å². The molecule has 0 saturated heterocycles. The van der Waals surface area contributed by atoms with E-state index in [0.29, 0.717) is 16.3 Å². The highest BCUT2D eigenvalue weighted by Gasteiger charge is 2.05. The molecule has 6 heteroatoms. The summed E-state index contributed by atoms with van der Waals surface area (Å²) in [7, 11) is 0. The van der Waals surface area contributed by atoms with Gasteiger partial charge >= 0.3 is 5.97 Å². The summed E-state index contributed by atoms with van der Waals surface area (Å²) in [6.45, 7) is 0. The summed E-state index contributed by atoms with van der Waals surface area (Å²) in [6, 6.07) is 12.3. The third-order valence-electron chi connectivity index (χ3n) is 2.52. The van der Waals surface area contributed by atoms with Gasteiger partial charge in [-0.05, 0) is 35.9 Å². The number of carbonyl (C=O) groups excluding carboxylic acids is 1. The van der Waals surface area contributed by atoms with E-state index in [0.717, 1.165) is 0 Å². The number of halogens is 1. The van der Waals surface area contributed by atoms with Crippen LogP contribution in [0.5, 0.6) is 5.75 Å². The molecule has 2 aromatic rings. The van der Waals surface area contributed by atoms with Gasteiger partial charge in [0.2, 0.25) is 0 Å². The molecule has 2 rings (SSSR count). The SMILES string of the molecule is O=C(C=Cc1cccc([N+](=O)[O-])c1)Oc1ccc(Cl)cc1. The van der Waals surface area contributed by atoms with Crippen LogP contribution in [0.4, 0.5) is 5.69 Å². The maximum atomic E-state index is 11.6. The molecule has 2 aromatic carbocycles. The van der Waals surface area contributed by atoms with Gasteiger partial charge in [-0.25, -0.2) is 4.79 Å². The quantitative estimate of drug-likeness (QED) is 0.283. The molecule has 0 heterocycles. The van der Waals surface area contributed by atoms with Crippen molar-refractivity contribution in [3.8, 4) is 5.75 Å². The molecule has 0 amide bonds. The molecule has 0 atom stereocenters. The van der Waals surface area contributed by atoms with Gasteiger partial charge in [0, 0.05) is 23.2 Å². The Kier molecular flexibility index (Phi) is 4.68. The van der Waals surface area contributed by atoms with E-state index < -0.39 is 10.9 Å². The zero-order chi connectivity index (χ0) is 15.2. The first-order valence-electron chi connectivity index (χ1n) is 5.94. The number of hydrogen-bond acceptors (Lipinski definition) is 4. The van der Waals surface area contributed by atoms with Crippen molar-refractivity contribution in [2.75, 3.05) is 0 Å². The van der Waals surface area contributed by atoms with Crippen molar-refractivity contribution in [3.05, 3.63) is 75.3 Å². The molecule has 21 heavy (non-hydrogen) atoms. The van der Waals surface area contributed by atoms with E-state index >= 15 is 0 Å². The van der Waals surface area contributed by atoms with Gasteiger partial charge in [0.25, 0.3) is 5.69 Å². The normalized spacial score (nSPS) is 10.5. The van der Waals surface area contributed by atoms with Crippen LogP contribution in [-0.4, -0.2) is 10.9 Å². The summed E-state index contributed by atoms with van der Waals surface area (Å²) in [5, 5.41) is 11.2. The number of hydrogen-bond donors (Lipinski definition) is 0. The predicted octanol–water partition coefficient (Wildman–Crippen LogP) is 3.87. The first-order valence-corrected chi connectivity index (χ1v) is 6.32. The van der Waals surface area contributed by atoms with Crippen LogP contribution >= 0.6 is 11.6 Å². The minimum absolute atomic E-state index is 0.0387. The number of nitro groups is 1. The first-order chi connectivity index (χ1) is 10.0. The minimum Gasteiger partial charge on any atom is -0.423 e. The fourth-order valence-corrected chi connectivity index (χ4v) is 1.69. The molecule has 0 radical (unpaired) electrons. The van der Waals surface area contributed by atoms with Gasteiger partial charge in [-0.3, -0.25) is 10.1 Å². The van der Waals surface area contributed by atoms with Crippen molar-refractivity contribution in [2.45, 2.75) is 0 Å². The molecule has 0 saturated carbocycles. The first kappa shape index (κ1) is 14.7. The van der Waals surface area contributed by atoms with Gasteiger partial charge in [-0.1, -0.05) is 23.7 Å². The maximum Gasteiger partial charge on any atom is 0.336 e. The average molecular weight is 304 g/mol. The molecule has 0 spiro atoms. The van der Waals surface area contributed by atoms with Crippen molar-refractivity contribution in [1.29, 1.82) is 0 Å². The lowest BCUT2D eigenvalue weighted by Gasteiger charge is -2.00. The van der Waals surface area contributed by atoms with Crippen LogP contribution < -0.4 is 4.74 Å². The Morgan fingerprint density at radius 2 is 1.90 bits per heavy atom. The summed E-state index contributed by atoms with van der Waals surface area (Å²) in [4.78, 5) is 21.8. The van der Waals surface area contributed by atoms with E-state index in [2.05, 4.69) is 0 Å². The fourth-order valence-electron chi connectivity index (χ4n) is 1.56. The number of nitro benzene ring substituents is 1. The number of ether oxygens (including phenoxy) is 1. The summed E-state index contributed by atoms with van der Waals surface area (Å²) >= 11 is 5.72. The molecule has 0 bridgehead atoms. The summed E-state index contributed by atoms with van der Waals surface area (Å²) in [5.41, 5.74) is 0.500. The van der Waals surface area contributed by atoms with E-state index in [1.165, 1.54) is 24.3 Å². The number of non-ortho nitro benzene ring substituents is 1. The highest BCUT2D eigenvalue weighted by Crippen LogP contribution is 2.17. The Morgan fingerprint density at radius 3 is 2.57 bits per heavy atom. The molecular formula is C15H10ClNO4. The topological polar surface area (TPSA) is 69.4 Å². The number of benzene rings is 2. The molecule has 5 nitrogen and oxygen atoms in total. The lowest BCUT2D eigenvalue weighted by atomic mass is 10.2. The second-order valence-corrected chi connectivity index (χ2v) is 4.50. The van der Waals surface area contributed by atoms with Crippen LogP contribution in [0.15, 0.2) is 54.6 Å². The van der Waals surface area contributed by atoms with Crippen molar-refractivity contribution >= 4 is 29.3 Å².